The molecule has 0 bridgehead atoms. The van der Waals surface area contributed by atoms with Gasteiger partial charge in [0.2, 0.25) is 11.8 Å². The van der Waals surface area contributed by atoms with Crippen LogP contribution in [0.5, 0.6) is 0 Å². The summed E-state index contributed by atoms with van der Waals surface area (Å²) in [7, 11) is -9.99. The summed E-state index contributed by atoms with van der Waals surface area (Å²) in [6.45, 7) is 2.35. The van der Waals surface area contributed by atoms with Gasteiger partial charge in [0, 0.05) is 50.3 Å². The lowest BCUT2D eigenvalue weighted by atomic mass is 10.0. The minimum atomic E-state index is -9.99. The Morgan fingerprint density at radius 1 is 1.16 bits per heavy atom. The Morgan fingerprint density at radius 3 is 2.34 bits per heavy atom. The van der Waals surface area contributed by atoms with Crippen molar-refractivity contribution in [2.75, 3.05) is 24.7 Å². The first-order valence-electron chi connectivity index (χ1n) is 11.8. The quantitative estimate of drug-likeness (QED) is 0.439. The maximum absolute atomic E-state index is 13.8. The van der Waals surface area contributed by atoms with Crippen molar-refractivity contribution in [2.24, 2.45) is 0 Å². The van der Waals surface area contributed by atoms with Gasteiger partial charge in [-0.25, -0.2) is 0 Å². The van der Waals surface area contributed by atoms with Gasteiger partial charge < -0.3 is 20.5 Å². The molecule has 0 radical (unpaired) electrons. The van der Waals surface area contributed by atoms with E-state index in [0.717, 1.165) is 4.90 Å². The number of amides is 2. The number of carbonyl (C=O) groups is 2. The van der Waals surface area contributed by atoms with Gasteiger partial charge in [-0.2, -0.15) is 0 Å². The van der Waals surface area contributed by atoms with Crippen LogP contribution in [-0.4, -0.2) is 64.3 Å². The fraction of sp³-hybridized carbons (Fsp3) is 0.478. The molecule has 2 amide bonds. The first-order chi connectivity index (χ1) is 17.5. The summed E-state index contributed by atoms with van der Waals surface area (Å²) in [5, 5.41) is 16.1. The molecule has 1 aromatic heterocycles. The average Bonchev–Trinajstić information content (AvgIpc) is 3.21. The molecule has 2 aliphatic heterocycles. The monoisotopic (exact) mass is 565 g/mol. The molecule has 4 rings (SSSR count). The van der Waals surface area contributed by atoms with Crippen LogP contribution in [0.25, 0.3) is 0 Å². The summed E-state index contributed by atoms with van der Waals surface area (Å²) in [5.41, 5.74) is -1.50. The van der Waals surface area contributed by atoms with Gasteiger partial charge in [-0.1, -0.05) is 19.4 Å². The molecule has 0 spiro atoms. The number of aliphatic hydroxyl groups is 1. The Morgan fingerprint density at radius 2 is 1.82 bits per heavy atom. The third-order valence-corrected chi connectivity index (χ3v) is 7.57. The number of rotatable bonds is 7. The molecule has 9 nitrogen and oxygen atoms in total. The molecule has 2 aromatic rings. The Hall–Kier alpha value is -2.88. The van der Waals surface area contributed by atoms with Crippen molar-refractivity contribution in [2.45, 2.75) is 54.8 Å². The van der Waals surface area contributed by atoms with Crippen molar-refractivity contribution in [1.82, 2.24) is 20.6 Å². The summed E-state index contributed by atoms with van der Waals surface area (Å²) < 4.78 is 72.2. The zero-order chi connectivity index (χ0) is 27.8. The number of hydrogen-bond donors (Lipinski definition) is 3. The minimum absolute atomic E-state index is 0.00644. The van der Waals surface area contributed by atoms with E-state index in [4.69, 9.17) is 4.74 Å². The second-order valence-corrected chi connectivity index (χ2v) is 12.1. The van der Waals surface area contributed by atoms with Gasteiger partial charge in [0.05, 0.1) is 23.5 Å². The number of anilines is 1. The van der Waals surface area contributed by atoms with E-state index in [9.17, 15) is 34.1 Å². The summed E-state index contributed by atoms with van der Waals surface area (Å²) in [4.78, 5) is 34.3. The Bertz CT molecular complexity index is 1180. The highest BCUT2D eigenvalue weighted by molar-refractivity contribution is 8.45. The number of halogens is 5. The molecule has 38 heavy (non-hydrogen) atoms. The van der Waals surface area contributed by atoms with Crippen LogP contribution in [0.1, 0.15) is 37.9 Å². The minimum Gasteiger partial charge on any atom is -0.389 e. The van der Waals surface area contributed by atoms with Crippen LogP contribution in [0.4, 0.5) is 25.1 Å². The largest absolute Gasteiger partial charge is 0.389 e. The lowest BCUT2D eigenvalue weighted by molar-refractivity contribution is -0.128. The van der Waals surface area contributed by atoms with Gasteiger partial charge in [-0.15, -0.1) is 0 Å². The highest BCUT2D eigenvalue weighted by Crippen LogP contribution is 3.02. The predicted octanol–water partition coefficient (Wildman–Crippen LogP) is 3.62. The average molecular weight is 566 g/mol. The molecule has 2 fully saturated rings. The molecule has 0 aliphatic carbocycles. The number of carbonyl (C=O) groups excluding carboxylic acids is 2. The van der Waals surface area contributed by atoms with E-state index < -0.39 is 44.6 Å². The van der Waals surface area contributed by atoms with Gasteiger partial charge in [-0.3, -0.25) is 24.5 Å². The normalized spacial score (nSPS) is 25.2. The zero-order valence-corrected chi connectivity index (χ0v) is 21.1. The second kappa shape index (κ2) is 9.39. The topological polar surface area (TPSA) is 117 Å². The molecule has 15 heteroatoms. The fourth-order valence-corrected chi connectivity index (χ4v) is 5.15. The standard InChI is InChI=1S/C23H28F5N5O4S/c1-23(36)12-18(31-14-23)22(35)33(16-2-4-17(5-3-16)38(24,25,26,27)28)20(19-13-29-8-9-30-19)21(34)32-15-6-10-37-11-7-15/h2-5,8-9,13,15,18,20,31,36H,6-7,10-12,14H2,1H3,(H,32,34)/t18-,20?,23-/m1/s1. The van der Waals surface area contributed by atoms with Crippen LogP contribution in [0.15, 0.2) is 47.8 Å². The van der Waals surface area contributed by atoms with E-state index in [1.165, 1.54) is 25.5 Å². The molecule has 3 N–H and O–H groups in total. The lowest BCUT2D eigenvalue weighted by Gasteiger charge is -2.41. The molecule has 1 unspecified atom stereocenters. The van der Waals surface area contributed by atoms with E-state index in [1.54, 1.807) is 0 Å². The van der Waals surface area contributed by atoms with E-state index in [1.807, 2.05) is 0 Å². The fourth-order valence-electron chi connectivity index (χ4n) is 4.49. The highest BCUT2D eigenvalue weighted by Gasteiger charge is 2.65. The number of ether oxygens (including phenoxy) is 1. The maximum Gasteiger partial charge on any atom is 0.310 e. The maximum atomic E-state index is 13.8. The number of β-amino-alcohol motifs (C(OH)–C–C–N with tert-alkyl or cyclic N) is 1. The predicted molar refractivity (Wildman–Crippen MR) is 129 cm³/mol. The molecule has 1 aromatic carbocycles. The van der Waals surface area contributed by atoms with E-state index in [0.29, 0.717) is 38.2 Å². The molecule has 3 heterocycles. The molecule has 2 saturated heterocycles. The molecule has 2 aliphatic rings. The van der Waals surface area contributed by atoms with Crippen LogP contribution in [-0.2, 0) is 14.3 Å². The summed E-state index contributed by atoms with van der Waals surface area (Å²) in [6.07, 6.45) is 4.79. The van der Waals surface area contributed by atoms with Gasteiger partial charge in [0.1, 0.15) is 4.90 Å². The zero-order valence-electron chi connectivity index (χ0n) is 20.3. The number of aromatic nitrogens is 2. The molecular formula is C23H28F5N5O4S. The Labute approximate surface area is 215 Å². The summed E-state index contributed by atoms with van der Waals surface area (Å²) in [5.74, 6) is -1.45. The second-order valence-electron chi connectivity index (χ2n) is 9.73. The van der Waals surface area contributed by atoms with Crippen molar-refractivity contribution in [3.63, 3.8) is 0 Å². The number of nitrogens with one attached hydrogen (secondary N) is 2. The third kappa shape index (κ3) is 6.57. The van der Waals surface area contributed by atoms with Crippen molar-refractivity contribution in [3.05, 3.63) is 48.5 Å². The van der Waals surface area contributed by atoms with Crippen molar-refractivity contribution >= 4 is 27.7 Å². The van der Waals surface area contributed by atoms with E-state index in [2.05, 4.69) is 20.6 Å². The first kappa shape index (κ1) is 28.1. The Balaban J connectivity index is 1.78. The van der Waals surface area contributed by atoms with Gasteiger partial charge in [0.15, 0.2) is 6.04 Å². The smallest absolute Gasteiger partial charge is 0.310 e. The highest BCUT2D eigenvalue weighted by atomic mass is 32.5. The van der Waals surface area contributed by atoms with Crippen molar-refractivity contribution in [1.29, 1.82) is 0 Å². The molecule has 210 valence electrons. The summed E-state index contributed by atoms with van der Waals surface area (Å²) >= 11 is 0. The Kier molecular flexibility index (Phi) is 6.96. The van der Waals surface area contributed by atoms with Gasteiger partial charge in [-0.05, 0) is 44.0 Å². The molecular weight excluding hydrogens is 537 g/mol. The SMILES string of the molecule is C[C@]1(O)CN[C@@H](C(=O)N(c2ccc(S(F)(F)(F)(F)F)cc2)C(C(=O)NC2CCOCC2)c2cnccn2)C1. The third-order valence-electron chi connectivity index (χ3n) is 6.41. The first-order valence-corrected chi connectivity index (χ1v) is 13.8. The van der Waals surface area contributed by atoms with Crippen LogP contribution in [0.3, 0.4) is 0 Å². The van der Waals surface area contributed by atoms with Crippen LogP contribution in [0, 0.1) is 0 Å². The van der Waals surface area contributed by atoms with Crippen molar-refractivity contribution < 1.29 is 38.9 Å². The van der Waals surface area contributed by atoms with E-state index in [-0.39, 0.29) is 42.5 Å². The molecule has 0 saturated carbocycles. The van der Waals surface area contributed by atoms with Crippen molar-refractivity contribution in [3.8, 4) is 0 Å². The van der Waals surface area contributed by atoms with Crippen LogP contribution in [0.2, 0.25) is 0 Å². The number of hydrogen-bond acceptors (Lipinski definition) is 7. The summed E-state index contributed by atoms with van der Waals surface area (Å²) in [6, 6.07) is -1.04. The lowest BCUT2D eigenvalue weighted by Crippen LogP contribution is -2.52. The number of nitrogens with zero attached hydrogens (tertiary/aromatic N) is 3. The van der Waals surface area contributed by atoms with Gasteiger partial charge >= 0.3 is 10.2 Å². The van der Waals surface area contributed by atoms with Crippen LogP contribution < -0.4 is 15.5 Å². The molecule has 3 atom stereocenters. The number of benzene rings is 1. The van der Waals surface area contributed by atoms with Gasteiger partial charge in [0.25, 0.3) is 0 Å². The van der Waals surface area contributed by atoms with E-state index >= 15 is 0 Å². The van der Waals surface area contributed by atoms with Crippen LogP contribution >= 0.6 is 10.2 Å².